The molecule has 1 heterocycles. The van der Waals surface area contributed by atoms with E-state index in [-0.39, 0.29) is 35.8 Å². The molecule has 6 nitrogen and oxygen atoms in total. The number of hydrogen-bond acceptors (Lipinski definition) is 4. The first-order chi connectivity index (χ1) is 11.9. The Morgan fingerprint density at radius 2 is 2.04 bits per heavy atom. The molecule has 3 N–H and O–H groups in total. The van der Waals surface area contributed by atoms with Gasteiger partial charge in [0.25, 0.3) is 11.8 Å². The van der Waals surface area contributed by atoms with E-state index < -0.39 is 0 Å². The van der Waals surface area contributed by atoms with Crippen LogP contribution in [0.15, 0.2) is 30.3 Å². The molecule has 0 bridgehead atoms. The molecule has 2 aromatic rings. The molecule has 130 valence electrons. The summed E-state index contributed by atoms with van der Waals surface area (Å²) < 4.78 is 5.33. The Kier molecular flexibility index (Phi) is 4.35. The normalized spacial score (nSPS) is 14.1. The van der Waals surface area contributed by atoms with Crippen LogP contribution in [0.1, 0.15) is 40.0 Å². The summed E-state index contributed by atoms with van der Waals surface area (Å²) in [4.78, 5) is 23.9. The van der Waals surface area contributed by atoms with E-state index in [0.29, 0.717) is 17.0 Å². The van der Waals surface area contributed by atoms with Crippen molar-refractivity contribution in [3.05, 3.63) is 52.6 Å². The molecule has 0 saturated carbocycles. The van der Waals surface area contributed by atoms with E-state index >= 15 is 0 Å². The Balaban J connectivity index is 1.79. The van der Waals surface area contributed by atoms with Gasteiger partial charge in [-0.2, -0.15) is 0 Å². The number of hydrogen-bond donors (Lipinski definition) is 3. The number of aryl methyl sites for hydroxylation is 1. The zero-order valence-electron chi connectivity index (χ0n) is 14.3. The van der Waals surface area contributed by atoms with Gasteiger partial charge in [-0.1, -0.05) is 12.1 Å². The molecule has 0 saturated heterocycles. The predicted octanol–water partition coefficient (Wildman–Crippen LogP) is 2.83. The summed E-state index contributed by atoms with van der Waals surface area (Å²) >= 11 is 0. The van der Waals surface area contributed by atoms with Crippen molar-refractivity contribution in [3.63, 3.8) is 0 Å². The third-order valence-corrected chi connectivity index (χ3v) is 4.43. The minimum absolute atomic E-state index is 0.00388. The maximum absolute atomic E-state index is 12.5. The zero-order valence-corrected chi connectivity index (χ0v) is 14.3. The smallest absolute Gasteiger partial charge is 0.262 e. The fraction of sp³-hybridized carbons (Fsp3) is 0.263. The van der Waals surface area contributed by atoms with E-state index in [0.717, 1.165) is 11.1 Å². The van der Waals surface area contributed by atoms with Crippen LogP contribution in [0.4, 0.5) is 5.69 Å². The van der Waals surface area contributed by atoms with Gasteiger partial charge in [-0.3, -0.25) is 9.59 Å². The van der Waals surface area contributed by atoms with Gasteiger partial charge in [0.1, 0.15) is 11.5 Å². The molecular weight excluding hydrogens is 320 g/mol. The molecule has 0 spiro atoms. The number of carbonyl (C=O) groups is 2. The molecule has 2 amide bonds. The number of ether oxygens (including phenoxy) is 1. The first kappa shape index (κ1) is 16.8. The quantitative estimate of drug-likeness (QED) is 0.802. The van der Waals surface area contributed by atoms with Gasteiger partial charge < -0.3 is 20.5 Å². The SMILES string of the molecule is Cc1ccc(C(=O)NC(C)c2ccc3c(c2)NC(=O)CO3)c(O)c1C. The minimum Gasteiger partial charge on any atom is -0.507 e. The number of carbonyl (C=O) groups excluding carboxylic acids is 2. The Bertz CT molecular complexity index is 861. The van der Waals surface area contributed by atoms with Crippen LogP contribution in [-0.2, 0) is 4.79 Å². The second-order valence-corrected chi connectivity index (χ2v) is 6.19. The highest BCUT2D eigenvalue weighted by Crippen LogP contribution is 2.31. The first-order valence-corrected chi connectivity index (χ1v) is 8.03. The number of aromatic hydroxyl groups is 1. The maximum Gasteiger partial charge on any atom is 0.262 e. The second kappa shape index (κ2) is 6.47. The van der Waals surface area contributed by atoms with Gasteiger partial charge in [-0.25, -0.2) is 0 Å². The third kappa shape index (κ3) is 3.28. The van der Waals surface area contributed by atoms with E-state index in [2.05, 4.69) is 10.6 Å². The monoisotopic (exact) mass is 340 g/mol. The number of amides is 2. The lowest BCUT2D eigenvalue weighted by Crippen LogP contribution is -2.28. The molecule has 0 fully saturated rings. The summed E-state index contributed by atoms with van der Waals surface area (Å²) in [6.07, 6.45) is 0. The Morgan fingerprint density at radius 1 is 1.28 bits per heavy atom. The van der Waals surface area contributed by atoms with Gasteiger partial charge in [0, 0.05) is 0 Å². The molecule has 0 radical (unpaired) electrons. The average molecular weight is 340 g/mol. The van der Waals surface area contributed by atoms with Crippen molar-refractivity contribution < 1.29 is 19.4 Å². The molecule has 25 heavy (non-hydrogen) atoms. The molecular formula is C19H20N2O4. The topological polar surface area (TPSA) is 87.7 Å². The second-order valence-electron chi connectivity index (χ2n) is 6.19. The van der Waals surface area contributed by atoms with Crippen molar-refractivity contribution in [2.45, 2.75) is 26.8 Å². The average Bonchev–Trinajstić information content (AvgIpc) is 2.58. The van der Waals surface area contributed by atoms with Gasteiger partial charge in [0.15, 0.2) is 6.61 Å². The zero-order chi connectivity index (χ0) is 18.1. The minimum atomic E-state index is -0.355. The summed E-state index contributed by atoms with van der Waals surface area (Å²) in [5.74, 6) is 0.0389. The number of phenolic OH excluding ortho intramolecular Hbond substituents is 1. The van der Waals surface area contributed by atoms with Gasteiger partial charge in [-0.05, 0) is 55.7 Å². The van der Waals surface area contributed by atoms with E-state index in [4.69, 9.17) is 4.74 Å². The van der Waals surface area contributed by atoms with Gasteiger partial charge in [0.05, 0.1) is 17.3 Å². The number of phenols is 1. The number of anilines is 1. The van der Waals surface area contributed by atoms with Crippen LogP contribution in [-0.4, -0.2) is 23.5 Å². The fourth-order valence-corrected chi connectivity index (χ4v) is 2.71. The summed E-state index contributed by atoms with van der Waals surface area (Å²) in [7, 11) is 0. The van der Waals surface area contributed by atoms with Gasteiger partial charge >= 0.3 is 0 Å². The summed E-state index contributed by atoms with van der Waals surface area (Å²) in [5, 5.41) is 15.8. The van der Waals surface area contributed by atoms with E-state index in [1.165, 1.54) is 0 Å². The summed E-state index contributed by atoms with van der Waals surface area (Å²) in [5.41, 5.74) is 3.26. The summed E-state index contributed by atoms with van der Waals surface area (Å²) in [6, 6.07) is 8.48. The van der Waals surface area contributed by atoms with Crippen LogP contribution in [0.5, 0.6) is 11.5 Å². The Labute approximate surface area is 145 Å². The molecule has 1 aliphatic heterocycles. The molecule has 1 atom stereocenters. The van der Waals surface area contributed by atoms with Crippen LogP contribution in [0.2, 0.25) is 0 Å². The van der Waals surface area contributed by atoms with Crippen LogP contribution in [0, 0.1) is 13.8 Å². The van der Waals surface area contributed by atoms with Crippen molar-refractivity contribution in [2.75, 3.05) is 11.9 Å². The summed E-state index contributed by atoms with van der Waals surface area (Å²) in [6.45, 7) is 5.49. The van der Waals surface area contributed by atoms with Crippen molar-refractivity contribution in [3.8, 4) is 11.5 Å². The molecule has 1 unspecified atom stereocenters. The number of fused-ring (bicyclic) bond motifs is 1. The van der Waals surface area contributed by atoms with Crippen LogP contribution in [0.3, 0.4) is 0 Å². The molecule has 0 aliphatic carbocycles. The Morgan fingerprint density at radius 3 is 2.80 bits per heavy atom. The standard InChI is InChI=1S/C19H20N2O4/c1-10-4-6-14(18(23)11(10)2)19(24)20-12(3)13-5-7-16-15(8-13)21-17(22)9-25-16/h4-8,12,23H,9H2,1-3H3,(H,20,24)(H,21,22). The van der Waals surface area contributed by atoms with Crippen molar-refractivity contribution in [2.24, 2.45) is 0 Å². The lowest BCUT2D eigenvalue weighted by Gasteiger charge is -2.21. The van der Waals surface area contributed by atoms with Gasteiger partial charge in [0.2, 0.25) is 0 Å². The fourth-order valence-electron chi connectivity index (χ4n) is 2.71. The highest BCUT2D eigenvalue weighted by molar-refractivity contribution is 5.98. The number of rotatable bonds is 3. The van der Waals surface area contributed by atoms with Crippen molar-refractivity contribution >= 4 is 17.5 Å². The number of benzene rings is 2. The first-order valence-electron chi connectivity index (χ1n) is 8.03. The van der Waals surface area contributed by atoms with E-state index in [9.17, 15) is 14.7 Å². The van der Waals surface area contributed by atoms with Crippen molar-refractivity contribution in [1.82, 2.24) is 5.32 Å². The highest BCUT2D eigenvalue weighted by atomic mass is 16.5. The molecule has 3 rings (SSSR count). The van der Waals surface area contributed by atoms with E-state index in [1.54, 1.807) is 31.2 Å². The van der Waals surface area contributed by atoms with Gasteiger partial charge in [-0.15, -0.1) is 0 Å². The maximum atomic E-state index is 12.5. The molecule has 2 aromatic carbocycles. The van der Waals surface area contributed by atoms with Crippen LogP contribution >= 0.6 is 0 Å². The van der Waals surface area contributed by atoms with Crippen molar-refractivity contribution in [1.29, 1.82) is 0 Å². The Hall–Kier alpha value is -3.02. The molecule has 1 aliphatic rings. The predicted molar refractivity (Wildman–Crippen MR) is 94.0 cm³/mol. The third-order valence-electron chi connectivity index (χ3n) is 4.43. The largest absolute Gasteiger partial charge is 0.507 e. The number of nitrogens with one attached hydrogen (secondary N) is 2. The molecule has 0 aromatic heterocycles. The lowest BCUT2D eigenvalue weighted by molar-refractivity contribution is -0.118. The lowest BCUT2D eigenvalue weighted by atomic mass is 10.0. The molecule has 6 heteroatoms. The highest BCUT2D eigenvalue weighted by Gasteiger charge is 2.20. The van der Waals surface area contributed by atoms with E-state index in [1.807, 2.05) is 19.9 Å². The van der Waals surface area contributed by atoms with Crippen LogP contribution < -0.4 is 15.4 Å². The van der Waals surface area contributed by atoms with Crippen LogP contribution in [0.25, 0.3) is 0 Å².